The minimum Gasteiger partial charge on any atom is -0.479 e. The number of nitrogens with zero attached hydrogens (tertiary/aromatic N) is 1. The van der Waals surface area contributed by atoms with E-state index in [4.69, 9.17) is 9.84 Å². The molecule has 0 bridgehead atoms. The molecule has 2 aromatic carbocycles. The van der Waals surface area contributed by atoms with Crippen LogP contribution in [0.5, 0.6) is 5.75 Å². The molecule has 0 aliphatic heterocycles. The topological polar surface area (TPSA) is 68.5 Å². The smallest absolute Gasteiger partial charge is 0.344 e. The maximum atomic E-state index is 13.0. The van der Waals surface area contributed by atoms with Gasteiger partial charge >= 0.3 is 5.97 Å². The fourth-order valence-electron chi connectivity index (χ4n) is 3.21. The standard InChI is InChI=1S/C26H27NO4/c1-4-20-16-24(25(28)22-12-10-18(2)11-13-22)27(17-20)14-6-8-21-7-5-9-23(15-21)31-19(3)26(29)30/h5-13,15-17,19H,4,14H2,1-3H3,(H,29,30)/b8-6+/t19-/m0/s1. The van der Waals surface area contributed by atoms with Gasteiger partial charge in [-0.15, -0.1) is 0 Å². The van der Waals surface area contributed by atoms with Crippen molar-refractivity contribution in [2.75, 3.05) is 0 Å². The lowest BCUT2D eigenvalue weighted by Crippen LogP contribution is -2.22. The molecule has 160 valence electrons. The first-order valence-corrected chi connectivity index (χ1v) is 10.3. The molecule has 1 atom stereocenters. The average molecular weight is 418 g/mol. The number of ether oxygens (including phenoxy) is 1. The van der Waals surface area contributed by atoms with Crippen LogP contribution in [-0.2, 0) is 17.8 Å². The molecular formula is C26H27NO4. The molecule has 1 N–H and O–H groups in total. The largest absolute Gasteiger partial charge is 0.479 e. The van der Waals surface area contributed by atoms with Crippen LogP contribution in [0.2, 0.25) is 0 Å². The molecule has 5 nitrogen and oxygen atoms in total. The summed E-state index contributed by atoms with van der Waals surface area (Å²) in [6, 6.07) is 16.8. The maximum absolute atomic E-state index is 13.0. The highest BCUT2D eigenvalue weighted by molar-refractivity contribution is 6.08. The third-order valence-electron chi connectivity index (χ3n) is 5.04. The van der Waals surface area contributed by atoms with Gasteiger partial charge in [0.1, 0.15) is 5.75 Å². The Hall–Kier alpha value is -3.60. The lowest BCUT2D eigenvalue weighted by atomic mass is 10.1. The number of aliphatic carboxylic acids is 1. The Labute approximate surface area is 182 Å². The van der Waals surface area contributed by atoms with Crippen molar-refractivity contribution < 1.29 is 19.4 Å². The second kappa shape index (κ2) is 9.94. The molecule has 0 saturated carbocycles. The highest BCUT2D eigenvalue weighted by Gasteiger charge is 2.15. The highest BCUT2D eigenvalue weighted by atomic mass is 16.5. The second-order valence-electron chi connectivity index (χ2n) is 7.51. The first-order chi connectivity index (χ1) is 14.9. The molecule has 1 heterocycles. The van der Waals surface area contributed by atoms with Crippen LogP contribution in [0.15, 0.2) is 66.9 Å². The lowest BCUT2D eigenvalue weighted by molar-refractivity contribution is -0.144. The number of hydrogen-bond acceptors (Lipinski definition) is 3. The van der Waals surface area contributed by atoms with Crippen LogP contribution in [0.4, 0.5) is 0 Å². The second-order valence-corrected chi connectivity index (χ2v) is 7.51. The Morgan fingerprint density at radius 1 is 1.13 bits per heavy atom. The number of carboxylic acids is 1. The van der Waals surface area contributed by atoms with Gasteiger partial charge in [-0.3, -0.25) is 4.79 Å². The van der Waals surface area contributed by atoms with E-state index in [0.717, 1.165) is 23.1 Å². The number of aromatic nitrogens is 1. The van der Waals surface area contributed by atoms with Gasteiger partial charge in [-0.05, 0) is 49.6 Å². The van der Waals surface area contributed by atoms with E-state index in [0.29, 0.717) is 23.6 Å². The minimum absolute atomic E-state index is 0.00570. The number of rotatable bonds is 9. The molecule has 0 saturated heterocycles. The van der Waals surface area contributed by atoms with Gasteiger partial charge < -0.3 is 14.4 Å². The summed E-state index contributed by atoms with van der Waals surface area (Å²) in [7, 11) is 0. The van der Waals surface area contributed by atoms with E-state index in [2.05, 4.69) is 6.92 Å². The summed E-state index contributed by atoms with van der Waals surface area (Å²) >= 11 is 0. The lowest BCUT2D eigenvalue weighted by Gasteiger charge is -2.10. The fourth-order valence-corrected chi connectivity index (χ4v) is 3.21. The first-order valence-electron chi connectivity index (χ1n) is 10.3. The normalized spacial score (nSPS) is 12.1. The Morgan fingerprint density at radius 3 is 2.55 bits per heavy atom. The molecule has 1 aromatic heterocycles. The Kier molecular flexibility index (Phi) is 7.08. The summed E-state index contributed by atoms with van der Waals surface area (Å²) in [5.41, 5.74) is 4.46. The number of allylic oxidation sites excluding steroid dienone is 1. The highest BCUT2D eigenvalue weighted by Crippen LogP contribution is 2.18. The van der Waals surface area contributed by atoms with Crippen LogP contribution < -0.4 is 4.74 Å². The van der Waals surface area contributed by atoms with Gasteiger partial charge in [-0.1, -0.05) is 61.0 Å². The molecule has 0 aliphatic carbocycles. The average Bonchev–Trinajstić information content (AvgIpc) is 3.17. The SMILES string of the molecule is CCc1cc(C(=O)c2ccc(C)cc2)n(C/C=C/c2cccc(O[C@@H](C)C(=O)O)c2)c1. The Bertz CT molecular complexity index is 1090. The number of aryl methyl sites for hydroxylation is 2. The van der Waals surface area contributed by atoms with E-state index in [9.17, 15) is 9.59 Å². The van der Waals surface area contributed by atoms with Crippen molar-refractivity contribution in [2.24, 2.45) is 0 Å². The van der Waals surface area contributed by atoms with Gasteiger partial charge in [-0.25, -0.2) is 4.79 Å². The number of carbonyl (C=O) groups is 2. The predicted octanol–water partition coefficient (Wildman–Crippen LogP) is 5.16. The molecule has 0 radical (unpaired) electrons. The summed E-state index contributed by atoms with van der Waals surface area (Å²) in [6.45, 7) is 6.11. The van der Waals surface area contributed by atoms with E-state index >= 15 is 0 Å². The van der Waals surface area contributed by atoms with E-state index in [1.165, 1.54) is 6.92 Å². The molecule has 0 fully saturated rings. The summed E-state index contributed by atoms with van der Waals surface area (Å²) in [6.07, 6.45) is 5.86. The first kappa shape index (κ1) is 22.1. The molecular weight excluding hydrogens is 390 g/mol. The number of benzene rings is 2. The maximum Gasteiger partial charge on any atom is 0.344 e. The summed E-state index contributed by atoms with van der Waals surface area (Å²) < 4.78 is 7.39. The van der Waals surface area contributed by atoms with Crippen LogP contribution in [0, 0.1) is 6.92 Å². The van der Waals surface area contributed by atoms with Gasteiger partial charge in [-0.2, -0.15) is 0 Å². The number of carbonyl (C=O) groups excluding carboxylic acids is 1. The molecule has 31 heavy (non-hydrogen) atoms. The molecule has 5 heteroatoms. The van der Waals surface area contributed by atoms with Crippen LogP contribution in [0.25, 0.3) is 6.08 Å². The van der Waals surface area contributed by atoms with Crippen molar-refractivity contribution >= 4 is 17.8 Å². The Morgan fingerprint density at radius 2 is 1.87 bits per heavy atom. The summed E-state index contributed by atoms with van der Waals surface area (Å²) in [5, 5.41) is 9.00. The molecule has 0 aliphatic rings. The third kappa shape index (κ3) is 5.72. The van der Waals surface area contributed by atoms with Crippen molar-refractivity contribution in [2.45, 2.75) is 39.8 Å². The van der Waals surface area contributed by atoms with E-state index < -0.39 is 12.1 Å². The molecule has 3 rings (SSSR count). The van der Waals surface area contributed by atoms with E-state index in [1.54, 1.807) is 12.1 Å². The van der Waals surface area contributed by atoms with E-state index in [-0.39, 0.29) is 5.78 Å². The van der Waals surface area contributed by atoms with Gasteiger partial charge in [0.15, 0.2) is 6.10 Å². The number of ketones is 1. The van der Waals surface area contributed by atoms with Crippen LogP contribution in [0.3, 0.4) is 0 Å². The van der Waals surface area contributed by atoms with Gasteiger partial charge in [0.2, 0.25) is 5.78 Å². The monoisotopic (exact) mass is 417 g/mol. The zero-order chi connectivity index (χ0) is 22.4. The van der Waals surface area contributed by atoms with Gasteiger partial charge in [0, 0.05) is 18.3 Å². The zero-order valence-electron chi connectivity index (χ0n) is 18.0. The fraction of sp³-hybridized carbons (Fsp3) is 0.231. The molecule has 3 aromatic rings. The Balaban J connectivity index is 1.76. The van der Waals surface area contributed by atoms with Crippen molar-refractivity contribution in [1.82, 2.24) is 4.57 Å². The molecule has 0 spiro atoms. The van der Waals surface area contributed by atoms with Crippen molar-refractivity contribution in [3.8, 4) is 5.75 Å². The summed E-state index contributed by atoms with van der Waals surface area (Å²) in [5.74, 6) is -0.501. The third-order valence-corrected chi connectivity index (χ3v) is 5.04. The van der Waals surface area contributed by atoms with Crippen LogP contribution in [-0.4, -0.2) is 27.5 Å². The molecule has 0 unspecified atom stereocenters. The van der Waals surface area contributed by atoms with E-state index in [1.807, 2.05) is 72.3 Å². The quantitative estimate of drug-likeness (QED) is 0.489. The number of hydrogen-bond donors (Lipinski definition) is 1. The van der Waals surface area contributed by atoms with Crippen molar-refractivity contribution in [1.29, 1.82) is 0 Å². The predicted molar refractivity (Wildman–Crippen MR) is 122 cm³/mol. The van der Waals surface area contributed by atoms with Crippen molar-refractivity contribution in [3.63, 3.8) is 0 Å². The molecule has 0 amide bonds. The van der Waals surface area contributed by atoms with Crippen LogP contribution in [0.1, 0.15) is 46.6 Å². The zero-order valence-corrected chi connectivity index (χ0v) is 18.0. The van der Waals surface area contributed by atoms with Gasteiger partial charge in [0.05, 0.1) is 5.69 Å². The summed E-state index contributed by atoms with van der Waals surface area (Å²) in [4.78, 5) is 24.0. The number of carboxylic acid groups (broad SMARTS) is 1. The van der Waals surface area contributed by atoms with Gasteiger partial charge in [0.25, 0.3) is 0 Å². The van der Waals surface area contributed by atoms with Crippen molar-refractivity contribution in [3.05, 3.63) is 94.8 Å². The van der Waals surface area contributed by atoms with Crippen LogP contribution >= 0.6 is 0 Å². The minimum atomic E-state index is -1.01.